The van der Waals surface area contributed by atoms with Crippen molar-refractivity contribution >= 4 is 18.7 Å². The van der Waals surface area contributed by atoms with Crippen molar-refractivity contribution in [2.24, 2.45) is 0 Å². The van der Waals surface area contributed by atoms with Gasteiger partial charge in [0.2, 0.25) is 0 Å². The highest BCUT2D eigenvalue weighted by Gasteiger charge is 2.20. The highest BCUT2D eigenvalue weighted by atomic mass is 32.1. The van der Waals surface area contributed by atoms with Crippen LogP contribution in [-0.2, 0) is 4.75 Å². The minimum atomic E-state index is -0.511. The summed E-state index contributed by atoms with van der Waals surface area (Å²) in [7, 11) is 0. The summed E-state index contributed by atoms with van der Waals surface area (Å²) in [5.74, 6) is 2.71. The Kier molecular flexibility index (Phi) is 3.66. The average Bonchev–Trinajstić information content (AvgIpc) is 2.17. The van der Waals surface area contributed by atoms with E-state index >= 15 is 0 Å². The van der Waals surface area contributed by atoms with Crippen molar-refractivity contribution in [2.45, 2.75) is 25.5 Å². The van der Waals surface area contributed by atoms with Crippen LogP contribution in [0.25, 0.3) is 6.08 Å². The van der Waals surface area contributed by atoms with Crippen LogP contribution in [0.4, 0.5) is 0 Å². The van der Waals surface area contributed by atoms with Gasteiger partial charge in [-0.25, -0.2) is 0 Å². The van der Waals surface area contributed by atoms with Crippen LogP contribution in [0.15, 0.2) is 29.8 Å². The lowest BCUT2D eigenvalue weighted by Crippen LogP contribution is -2.12. The van der Waals surface area contributed by atoms with Gasteiger partial charge in [-0.1, -0.05) is 41.8 Å². The molecule has 0 heterocycles. The molecule has 1 heteroatoms. The summed E-state index contributed by atoms with van der Waals surface area (Å²) < 4.78 is -0.511. The minimum Gasteiger partial charge on any atom is -0.155 e. The Morgan fingerprint density at radius 2 is 2.00 bits per heavy atom. The fourth-order valence-corrected chi connectivity index (χ4v) is 1.66. The summed E-state index contributed by atoms with van der Waals surface area (Å²) in [5.41, 5.74) is 3.48. The third kappa shape index (κ3) is 2.91. The van der Waals surface area contributed by atoms with Crippen LogP contribution in [0.5, 0.6) is 0 Å². The number of rotatable bonds is 2. The van der Waals surface area contributed by atoms with E-state index in [1.807, 2.05) is 25.1 Å². The SMILES string of the molecule is C#CC(C)(S)c1ccccc1C=C(C)C. The normalized spacial score (nSPS) is 13.8. The average molecular weight is 216 g/mol. The van der Waals surface area contributed by atoms with Gasteiger partial charge in [-0.2, -0.15) is 12.6 Å². The van der Waals surface area contributed by atoms with Gasteiger partial charge in [0.25, 0.3) is 0 Å². The highest BCUT2D eigenvalue weighted by molar-refractivity contribution is 7.81. The van der Waals surface area contributed by atoms with Crippen molar-refractivity contribution in [3.63, 3.8) is 0 Å². The molecule has 0 N–H and O–H groups in total. The van der Waals surface area contributed by atoms with Crippen molar-refractivity contribution < 1.29 is 0 Å². The molecular formula is C14H16S. The molecule has 0 nitrogen and oxygen atoms in total. The van der Waals surface area contributed by atoms with Gasteiger partial charge in [-0.15, -0.1) is 6.42 Å². The zero-order valence-electron chi connectivity index (χ0n) is 9.41. The van der Waals surface area contributed by atoms with E-state index in [1.54, 1.807) is 0 Å². The molecule has 0 fully saturated rings. The molecule has 0 saturated carbocycles. The van der Waals surface area contributed by atoms with Crippen LogP contribution < -0.4 is 0 Å². The van der Waals surface area contributed by atoms with E-state index in [9.17, 15) is 0 Å². The maximum absolute atomic E-state index is 5.49. The minimum absolute atomic E-state index is 0.511. The van der Waals surface area contributed by atoms with Crippen LogP contribution in [0.2, 0.25) is 0 Å². The first-order valence-corrected chi connectivity index (χ1v) is 5.36. The molecule has 0 aliphatic rings. The Hall–Kier alpha value is -1.13. The van der Waals surface area contributed by atoms with Gasteiger partial charge in [0.1, 0.15) is 0 Å². The Bertz CT molecular complexity index is 415. The third-order valence-corrected chi connectivity index (χ3v) is 2.58. The molecule has 1 atom stereocenters. The molecular weight excluding hydrogens is 200 g/mol. The van der Waals surface area contributed by atoms with E-state index in [-0.39, 0.29) is 0 Å². The molecule has 0 spiro atoms. The first-order valence-electron chi connectivity index (χ1n) is 4.92. The zero-order chi connectivity index (χ0) is 11.5. The van der Waals surface area contributed by atoms with E-state index < -0.39 is 4.75 Å². The molecule has 1 unspecified atom stereocenters. The molecule has 1 aromatic rings. The molecule has 1 rings (SSSR count). The maximum atomic E-state index is 5.49. The lowest BCUT2D eigenvalue weighted by Gasteiger charge is -2.19. The van der Waals surface area contributed by atoms with Crippen molar-refractivity contribution in [2.75, 3.05) is 0 Å². The fraction of sp³-hybridized carbons (Fsp3) is 0.286. The standard InChI is InChI=1S/C14H16S/c1-5-14(4,15)13-9-7-6-8-12(13)10-11(2)3/h1,6-10,15H,2-4H3. The Morgan fingerprint density at radius 3 is 2.53 bits per heavy atom. The molecule has 0 bridgehead atoms. The summed E-state index contributed by atoms with van der Waals surface area (Å²) in [6, 6.07) is 8.10. The van der Waals surface area contributed by atoms with Crippen molar-refractivity contribution in [1.29, 1.82) is 0 Å². The van der Waals surface area contributed by atoms with Crippen LogP contribution in [0, 0.1) is 12.3 Å². The summed E-state index contributed by atoms with van der Waals surface area (Å²) in [4.78, 5) is 0. The number of benzene rings is 1. The van der Waals surface area contributed by atoms with E-state index in [2.05, 4.69) is 44.5 Å². The van der Waals surface area contributed by atoms with Crippen molar-refractivity contribution in [1.82, 2.24) is 0 Å². The number of hydrogen-bond acceptors (Lipinski definition) is 1. The zero-order valence-corrected chi connectivity index (χ0v) is 10.3. The van der Waals surface area contributed by atoms with Crippen LogP contribution in [-0.4, -0.2) is 0 Å². The van der Waals surface area contributed by atoms with E-state index in [1.165, 1.54) is 5.57 Å². The largest absolute Gasteiger partial charge is 0.155 e. The van der Waals surface area contributed by atoms with Gasteiger partial charge in [0.15, 0.2) is 0 Å². The topological polar surface area (TPSA) is 0 Å². The third-order valence-electron chi connectivity index (χ3n) is 2.21. The fourth-order valence-electron chi connectivity index (χ4n) is 1.45. The Morgan fingerprint density at radius 1 is 1.40 bits per heavy atom. The molecule has 78 valence electrons. The molecule has 0 amide bonds. The van der Waals surface area contributed by atoms with Gasteiger partial charge in [-0.05, 0) is 31.9 Å². The summed E-state index contributed by atoms with van der Waals surface area (Å²) in [5, 5.41) is 0. The smallest absolute Gasteiger partial charge is 0.0960 e. The van der Waals surface area contributed by atoms with Gasteiger partial charge in [-0.3, -0.25) is 0 Å². The molecule has 15 heavy (non-hydrogen) atoms. The predicted octanol–water partition coefficient (Wildman–Crippen LogP) is 3.89. The summed E-state index contributed by atoms with van der Waals surface area (Å²) in [6.45, 7) is 6.08. The second-order valence-corrected chi connectivity index (χ2v) is 4.92. The van der Waals surface area contributed by atoms with Gasteiger partial charge in [0.05, 0.1) is 4.75 Å². The predicted molar refractivity (Wildman–Crippen MR) is 70.9 cm³/mol. The van der Waals surface area contributed by atoms with Crippen molar-refractivity contribution in [3.05, 3.63) is 41.0 Å². The van der Waals surface area contributed by atoms with Crippen LogP contribution >= 0.6 is 12.6 Å². The van der Waals surface area contributed by atoms with E-state index in [0.717, 1.165) is 11.1 Å². The number of hydrogen-bond donors (Lipinski definition) is 1. The number of thiol groups is 1. The van der Waals surface area contributed by atoms with E-state index in [0.29, 0.717) is 0 Å². The molecule has 0 saturated heterocycles. The van der Waals surface area contributed by atoms with Gasteiger partial charge < -0.3 is 0 Å². The van der Waals surface area contributed by atoms with Gasteiger partial charge >= 0.3 is 0 Å². The number of terminal acetylenes is 1. The first kappa shape index (κ1) is 11.9. The summed E-state index contributed by atoms with van der Waals surface area (Å²) in [6.07, 6.45) is 7.62. The molecule has 0 aliphatic heterocycles. The molecule has 0 aliphatic carbocycles. The molecule has 1 aromatic carbocycles. The molecule has 0 aromatic heterocycles. The van der Waals surface area contributed by atoms with Crippen LogP contribution in [0.1, 0.15) is 31.9 Å². The quantitative estimate of drug-likeness (QED) is 0.563. The monoisotopic (exact) mass is 216 g/mol. The lowest BCUT2D eigenvalue weighted by atomic mass is 9.94. The van der Waals surface area contributed by atoms with Crippen LogP contribution in [0.3, 0.4) is 0 Å². The number of allylic oxidation sites excluding steroid dienone is 1. The van der Waals surface area contributed by atoms with Crippen molar-refractivity contribution in [3.8, 4) is 12.3 Å². The van der Waals surface area contributed by atoms with Gasteiger partial charge in [0, 0.05) is 0 Å². The Labute approximate surface area is 97.8 Å². The summed E-state index contributed by atoms with van der Waals surface area (Å²) >= 11 is 4.50. The Balaban J connectivity index is 3.32. The lowest BCUT2D eigenvalue weighted by molar-refractivity contribution is 0.922. The first-order chi connectivity index (χ1) is 6.97. The molecule has 0 radical (unpaired) electrons. The second kappa shape index (κ2) is 4.59. The highest BCUT2D eigenvalue weighted by Crippen LogP contribution is 2.30. The van der Waals surface area contributed by atoms with E-state index in [4.69, 9.17) is 6.42 Å². The second-order valence-electron chi connectivity index (χ2n) is 4.03. The maximum Gasteiger partial charge on any atom is 0.0960 e.